The quantitative estimate of drug-likeness (QED) is 0.871. The molecule has 0 radical (unpaired) electrons. The Morgan fingerprint density at radius 1 is 1.53 bits per heavy atom. The van der Waals surface area contributed by atoms with Gasteiger partial charge in [-0.25, -0.2) is 9.78 Å². The minimum Gasteiger partial charge on any atom is -0.454 e. The molecule has 0 aliphatic heterocycles. The van der Waals surface area contributed by atoms with Gasteiger partial charge in [-0.1, -0.05) is 0 Å². The van der Waals surface area contributed by atoms with Crippen molar-refractivity contribution in [2.45, 2.75) is 13.5 Å². The summed E-state index contributed by atoms with van der Waals surface area (Å²) in [6, 6.07) is 3.13. The van der Waals surface area contributed by atoms with Crippen LogP contribution in [0.15, 0.2) is 22.8 Å². The van der Waals surface area contributed by atoms with Crippen LogP contribution >= 0.6 is 15.9 Å². The molecule has 0 aromatic carbocycles. The van der Waals surface area contributed by atoms with Crippen LogP contribution in [0.1, 0.15) is 21.9 Å². The van der Waals surface area contributed by atoms with E-state index < -0.39 is 5.97 Å². The molecule has 100 valence electrons. The molecule has 0 amide bonds. The number of hydrogen-bond donors (Lipinski definition) is 1. The molecule has 2 aromatic rings. The van der Waals surface area contributed by atoms with Crippen LogP contribution in [0.4, 0.5) is 5.69 Å². The molecule has 6 nitrogen and oxygen atoms in total. The van der Waals surface area contributed by atoms with Gasteiger partial charge in [-0.05, 0) is 35.0 Å². The second-order valence-corrected chi connectivity index (χ2v) is 4.82. The molecule has 2 N–H and O–H groups in total. The SMILES string of the molecule is Cc1nn(C)c(COC(=O)c2ccc(N)cn2)c1Br. The molecule has 0 saturated carbocycles. The number of hydrogen-bond acceptors (Lipinski definition) is 5. The summed E-state index contributed by atoms with van der Waals surface area (Å²) in [7, 11) is 1.79. The Hall–Kier alpha value is -1.89. The summed E-state index contributed by atoms with van der Waals surface area (Å²) in [6.07, 6.45) is 1.42. The third-order valence-corrected chi connectivity index (χ3v) is 3.63. The number of ether oxygens (including phenoxy) is 1. The van der Waals surface area contributed by atoms with Crippen molar-refractivity contribution in [2.75, 3.05) is 5.73 Å². The van der Waals surface area contributed by atoms with Crippen LogP contribution in [0, 0.1) is 6.92 Å². The minimum absolute atomic E-state index is 0.128. The van der Waals surface area contributed by atoms with Crippen LogP contribution in [0.2, 0.25) is 0 Å². The number of anilines is 1. The number of aromatic nitrogens is 3. The molecule has 0 bridgehead atoms. The van der Waals surface area contributed by atoms with Gasteiger partial charge in [0.1, 0.15) is 12.3 Å². The molecular weight excluding hydrogens is 312 g/mol. The number of pyridine rings is 1. The Morgan fingerprint density at radius 2 is 2.26 bits per heavy atom. The first kappa shape index (κ1) is 13.5. The lowest BCUT2D eigenvalue weighted by molar-refractivity contribution is 0.0456. The van der Waals surface area contributed by atoms with Gasteiger partial charge in [0.25, 0.3) is 0 Å². The van der Waals surface area contributed by atoms with Crippen LogP contribution < -0.4 is 5.73 Å². The number of aryl methyl sites for hydroxylation is 2. The van der Waals surface area contributed by atoms with Crippen molar-refractivity contribution in [3.63, 3.8) is 0 Å². The summed E-state index contributed by atoms with van der Waals surface area (Å²) < 4.78 is 7.71. The van der Waals surface area contributed by atoms with Crippen LogP contribution in [0.5, 0.6) is 0 Å². The largest absolute Gasteiger partial charge is 0.454 e. The highest BCUT2D eigenvalue weighted by Gasteiger charge is 2.14. The topological polar surface area (TPSA) is 83.0 Å². The fraction of sp³-hybridized carbons (Fsp3) is 0.250. The Bertz CT molecular complexity index is 607. The normalized spacial score (nSPS) is 10.5. The van der Waals surface area contributed by atoms with Gasteiger partial charge in [0.15, 0.2) is 0 Å². The number of esters is 1. The van der Waals surface area contributed by atoms with Gasteiger partial charge in [-0.15, -0.1) is 0 Å². The van der Waals surface area contributed by atoms with Gasteiger partial charge in [0.05, 0.1) is 27.7 Å². The van der Waals surface area contributed by atoms with Gasteiger partial charge in [-0.3, -0.25) is 4.68 Å². The zero-order valence-electron chi connectivity index (χ0n) is 10.6. The number of rotatable bonds is 3. The Morgan fingerprint density at radius 3 is 2.79 bits per heavy atom. The van der Waals surface area contributed by atoms with Crippen molar-refractivity contribution in [1.82, 2.24) is 14.8 Å². The molecule has 0 fully saturated rings. The highest BCUT2D eigenvalue weighted by atomic mass is 79.9. The maximum atomic E-state index is 11.8. The Labute approximate surface area is 118 Å². The maximum absolute atomic E-state index is 11.8. The fourth-order valence-corrected chi connectivity index (χ4v) is 2.02. The molecule has 2 aromatic heterocycles. The van der Waals surface area contributed by atoms with E-state index in [0.29, 0.717) is 5.69 Å². The fourth-order valence-electron chi connectivity index (χ4n) is 1.57. The van der Waals surface area contributed by atoms with E-state index >= 15 is 0 Å². The van der Waals surface area contributed by atoms with E-state index in [1.807, 2.05) is 6.92 Å². The lowest BCUT2D eigenvalue weighted by Crippen LogP contribution is -2.10. The molecule has 0 aliphatic carbocycles. The van der Waals surface area contributed by atoms with Crippen LogP contribution in [-0.4, -0.2) is 20.7 Å². The standard InChI is InChI=1S/C12H13BrN4O2/c1-7-11(13)10(17(2)16-7)6-19-12(18)9-4-3-8(14)5-15-9/h3-5H,6,14H2,1-2H3. The van der Waals surface area contributed by atoms with E-state index in [4.69, 9.17) is 10.5 Å². The molecule has 0 atom stereocenters. The van der Waals surface area contributed by atoms with E-state index in [1.54, 1.807) is 17.8 Å². The van der Waals surface area contributed by atoms with Crippen LogP contribution in [0.3, 0.4) is 0 Å². The summed E-state index contributed by atoms with van der Waals surface area (Å²) in [5, 5.41) is 4.22. The predicted octanol–water partition coefficient (Wildman–Crippen LogP) is 1.83. The summed E-state index contributed by atoms with van der Waals surface area (Å²) in [6.45, 7) is 2.00. The van der Waals surface area contributed by atoms with Crippen molar-refractivity contribution in [3.05, 3.63) is 39.9 Å². The van der Waals surface area contributed by atoms with Gasteiger partial charge < -0.3 is 10.5 Å². The van der Waals surface area contributed by atoms with Gasteiger partial charge in [-0.2, -0.15) is 5.10 Å². The van der Waals surface area contributed by atoms with Gasteiger partial charge in [0, 0.05) is 7.05 Å². The molecule has 2 heterocycles. The second-order valence-electron chi connectivity index (χ2n) is 4.02. The molecule has 0 spiro atoms. The molecule has 7 heteroatoms. The third-order valence-electron chi connectivity index (χ3n) is 2.60. The monoisotopic (exact) mass is 324 g/mol. The first-order valence-electron chi connectivity index (χ1n) is 5.55. The van der Waals surface area contributed by atoms with E-state index in [-0.39, 0.29) is 12.3 Å². The Kier molecular flexibility index (Phi) is 3.84. The lowest BCUT2D eigenvalue weighted by atomic mass is 10.3. The van der Waals surface area contributed by atoms with Crippen molar-refractivity contribution >= 4 is 27.6 Å². The molecular formula is C12H13BrN4O2. The molecule has 0 saturated heterocycles. The van der Waals surface area contributed by atoms with Crippen molar-refractivity contribution in [2.24, 2.45) is 7.05 Å². The first-order valence-corrected chi connectivity index (χ1v) is 6.35. The molecule has 19 heavy (non-hydrogen) atoms. The second kappa shape index (κ2) is 5.40. The van der Waals surface area contributed by atoms with Gasteiger partial charge in [0.2, 0.25) is 0 Å². The summed E-state index contributed by atoms with van der Waals surface area (Å²) >= 11 is 3.41. The smallest absolute Gasteiger partial charge is 0.357 e. The number of nitrogen functional groups attached to an aromatic ring is 1. The van der Waals surface area contributed by atoms with Crippen molar-refractivity contribution in [1.29, 1.82) is 0 Å². The summed E-state index contributed by atoms with van der Waals surface area (Å²) in [5.74, 6) is -0.495. The first-order chi connectivity index (χ1) is 8.99. The van der Waals surface area contributed by atoms with Crippen molar-refractivity contribution < 1.29 is 9.53 Å². The van der Waals surface area contributed by atoms with Crippen LogP contribution in [-0.2, 0) is 18.4 Å². The zero-order valence-corrected chi connectivity index (χ0v) is 12.1. The molecule has 0 unspecified atom stereocenters. The average Bonchev–Trinajstić information content (AvgIpc) is 2.62. The lowest BCUT2D eigenvalue weighted by Gasteiger charge is -2.05. The summed E-state index contributed by atoms with van der Waals surface area (Å²) in [4.78, 5) is 15.7. The third kappa shape index (κ3) is 2.93. The van der Waals surface area contributed by atoms with Crippen molar-refractivity contribution in [3.8, 4) is 0 Å². The van der Waals surface area contributed by atoms with E-state index in [0.717, 1.165) is 15.9 Å². The highest BCUT2D eigenvalue weighted by molar-refractivity contribution is 9.10. The molecule has 2 rings (SSSR count). The number of halogens is 1. The molecule has 0 aliphatic rings. The van der Waals surface area contributed by atoms with Crippen LogP contribution in [0.25, 0.3) is 0 Å². The predicted molar refractivity (Wildman–Crippen MR) is 73.4 cm³/mol. The van der Waals surface area contributed by atoms with E-state index in [1.165, 1.54) is 12.3 Å². The number of carbonyl (C=O) groups is 1. The van der Waals surface area contributed by atoms with Gasteiger partial charge >= 0.3 is 5.97 Å². The number of nitrogens with zero attached hydrogens (tertiary/aromatic N) is 3. The minimum atomic E-state index is -0.495. The zero-order chi connectivity index (χ0) is 14.0. The average molecular weight is 325 g/mol. The maximum Gasteiger partial charge on any atom is 0.357 e. The van der Waals surface area contributed by atoms with E-state index in [2.05, 4.69) is 26.0 Å². The Balaban J connectivity index is 2.06. The highest BCUT2D eigenvalue weighted by Crippen LogP contribution is 2.21. The van der Waals surface area contributed by atoms with E-state index in [9.17, 15) is 4.79 Å². The number of nitrogens with two attached hydrogens (primary N) is 1. The number of carbonyl (C=O) groups excluding carboxylic acids is 1. The summed E-state index contributed by atoms with van der Waals surface area (Å²) in [5.41, 5.74) is 7.87.